The van der Waals surface area contributed by atoms with Gasteiger partial charge in [0.05, 0.1) is 17.1 Å². The Hall–Kier alpha value is -1.92. The van der Waals surface area contributed by atoms with Crippen molar-refractivity contribution in [2.75, 3.05) is 13.2 Å². The molecule has 2 aromatic rings. The lowest BCUT2D eigenvalue weighted by atomic mass is 9.92. The second-order valence-corrected chi connectivity index (χ2v) is 4.67. The van der Waals surface area contributed by atoms with Gasteiger partial charge in [-0.15, -0.1) is 0 Å². The first-order chi connectivity index (χ1) is 8.86. The lowest BCUT2D eigenvalue weighted by Crippen LogP contribution is -2.14. The first-order valence-corrected chi connectivity index (χ1v) is 6.24. The Kier molecular flexibility index (Phi) is 2.95. The summed E-state index contributed by atoms with van der Waals surface area (Å²) in [4.78, 5) is 4.48. The van der Waals surface area contributed by atoms with E-state index < -0.39 is 0 Å². The van der Waals surface area contributed by atoms with Crippen molar-refractivity contribution in [2.24, 2.45) is 0 Å². The maximum Gasteiger partial charge on any atom is 0.0991 e. The van der Waals surface area contributed by atoms with E-state index in [4.69, 9.17) is 10.00 Å². The van der Waals surface area contributed by atoms with Crippen LogP contribution in [-0.2, 0) is 4.74 Å². The molecule has 2 heterocycles. The Bertz CT molecular complexity index is 609. The van der Waals surface area contributed by atoms with Gasteiger partial charge in [0.2, 0.25) is 0 Å². The zero-order chi connectivity index (χ0) is 12.4. The molecule has 0 N–H and O–H groups in total. The van der Waals surface area contributed by atoms with Crippen molar-refractivity contribution in [3.05, 3.63) is 41.6 Å². The number of benzene rings is 1. The molecule has 18 heavy (non-hydrogen) atoms. The van der Waals surface area contributed by atoms with Crippen LogP contribution in [0.4, 0.5) is 0 Å². The monoisotopic (exact) mass is 238 g/mol. The van der Waals surface area contributed by atoms with Gasteiger partial charge >= 0.3 is 0 Å². The van der Waals surface area contributed by atoms with Gasteiger partial charge in [0.1, 0.15) is 0 Å². The Morgan fingerprint density at radius 2 is 2.06 bits per heavy atom. The molecule has 0 atom stereocenters. The van der Waals surface area contributed by atoms with E-state index in [1.54, 1.807) is 0 Å². The van der Waals surface area contributed by atoms with Crippen molar-refractivity contribution in [1.29, 1.82) is 5.26 Å². The molecule has 0 aliphatic carbocycles. The fraction of sp³-hybridized carbons (Fsp3) is 0.333. The molecule has 90 valence electrons. The lowest BCUT2D eigenvalue weighted by molar-refractivity contribution is 0.0853. The summed E-state index contributed by atoms with van der Waals surface area (Å²) in [6, 6.07) is 9.96. The maximum atomic E-state index is 8.93. The van der Waals surface area contributed by atoms with E-state index in [2.05, 4.69) is 17.1 Å². The van der Waals surface area contributed by atoms with Gasteiger partial charge in [0.25, 0.3) is 0 Å². The molecule has 0 unspecified atom stereocenters. The highest BCUT2D eigenvalue weighted by Gasteiger charge is 2.16. The van der Waals surface area contributed by atoms with Crippen molar-refractivity contribution in [3.8, 4) is 6.07 Å². The average Bonchev–Trinajstić information content (AvgIpc) is 2.47. The quantitative estimate of drug-likeness (QED) is 0.767. The van der Waals surface area contributed by atoms with Crippen molar-refractivity contribution >= 4 is 10.9 Å². The largest absolute Gasteiger partial charge is 0.381 e. The lowest BCUT2D eigenvalue weighted by Gasteiger charge is -2.22. The first-order valence-electron chi connectivity index (χ1n) is 6.24. The normalized spacial score (nSPS) is 16.6. The molecule has 1 fully saturated rings. The Morgan fingerprint density at radius 1 is 1.22 bits per heavy atom. The highest BCUT2D eigenvalue weighted by atomic mass is 16.5. The molecule has 3 heteroatoms. The number of hydrogen-bond acceptors (Lipinski definition) is 3. The van der Waals surface area contributed by atoms with Gasteiger partial charge < -0.3 is 4.74 Å². The van der Waals surface area contributed by atoms with Crippen LogP contribution in [0.5, 0.6) is 0 Å². The number of pyridine rings is 1. The van der Waals surface area contributed by atoms with Crippen LogP contribution in [-0.4, -0.2) is 18.2 Å². The summed E-state index contributed by atoms with van der Waals surface area (Å²) in [7, 11) is 0. The van der Waals surface area contributed by atoms with Crippen LogP contribution in [0.25, 0.3) is 10.9 Å². The predicted molar refractivity (Wildman–Crippen MR) is 69.3 cm³/mol. The van der Waals surface area contributed by atoms with Crippen molar-refractivity contribution in [2.45, 2.75) is 18.8 Å². The van der Waals surface area contributed by atoms with Crippen LogP contribution >= 0.6 is 0 Å². The summed E-state index contributed by atoms with van der Waals surface area (Å²) in [5, 5.41) is 9.98. The zero-order valence-electron chi connectivity index (χ0n) is 10.1. The van der Waals surface area contributed by atoms with E-state index in [1.807, 2.05) is 24.4 Å². The molecular weight excluding hydrogens is 224 g/mol. The topological polar surface area (TPSA) is 45.9 Å². The third kappa shape index (κ3) is 2.07. The molecule has 1 aliphatic heterocycles. The van der Waals surface area contributed by atoms with Gasteiger partial charge in [-0.3, -0.25) is 4.98 Å². The molecule has 1 aliphatic rings. The van der Waals surface area contributed by atoms with Crippen LogP contribution in [0.3, 0.4) is 0 Å². The van der Waals surface area contributed by atoms with Gasteiger partial charge in [0.15, 0.2) is 0 Å². The van der Waals surface area contributed by atoms with E-state index >= 15 is 0 Å². The molecule has 3 rings (SSSR count). The second-order valence-electron chi connectivity index (χ2n) is 4.67. The summed E-state index contributed by atoms with van der Waals surface area (Å²) >= 11 is 0. The van der Waals surface area contributed by atoms with Crippen LogP contribution in [0, 0.1) is 11.3 Å². The Labute approximate surface area is 106 Å². The van der Waals surface area contributed by atoms with Crippen molar-refractivity contribution in [3.63, 3.8) is 0 Å². The van der Waals surface area contributed by atoms with Gasteiger partial charge in [-0.1, -0.05) is 0 Å². The number of hydrogen-bond donors (Lipinski definition) is 0. The number of ether oxygens (including phenoxy) is 1. The minimum atomic E-state index is 0.543. The molecule has 3 nitrogen and oxygen atoms in total. The molecular formula is C15H14N2O. The van der Waals surface area contributed by atoms with Crippen molar-refractivity contribution in [1.82, 2.24) is 4.98 Å². The van der Waals surface area contributed by atoms with E-state index in [0.29, 0.717) is 11.5 Å². The number of aromatic nitrogens is 1. The molecule has 1 aromatic heterocycles. The van der Waals surface area contributed by atoms with Crippen LogP contribution in [0.15, 0.2) is 30.5 Å². The average molecular weight is 238 g/mol. The summed E-state index contributed by atoms with van der Waals surface area (Å²) in [5.41, 5.74) is 2.90. The van der Waals surface area contributed by atoms with E-state index in [-0.39, 0.29) is 0 Å². The van der Waals surface area contributed by atoms with E-state index in [1.165, 1.54) is 5.56 Å². The molecule has 1 saturated heterocycles. The van der Waals surface area contributed by atoms with E-state index in [9.17, 15) is 0 Å². The number of rotatable bonds is 1. The second kappa shape index (κ2) is 4.75. The minimum absolute atomic E-state index is 0.543. The molecule has 0 bridgehead atoms. The fourth-order valence-electron chi connectivity index (χ4n) is 2.47. The third-order valence-corrected chi connectivity index (χ3v) is 3.52. The highest BCUT2D eigenvalue weighted by Crippen LogP contribution is 2.28. The molecule has 0 radical (unpaired) electrons. The van der Waals surface area contributed by atoms with Crippen LogP contribution in [0.1, 0.15) is 29.9 Å². The third-order valence-electron chi connectivity index (χ3n) is 3.52. The minimum Gasteiger partial charge on any atom is -0.381 e. The summed E-state index contributed by atoms with van der Waals surface area (Å²) in [6.07, 6.45) is 4.08. The summed E-state index contributed by atoms with van der Waals surface area (Å²) < 4.78 is 5.38. The zero-order valence-corrected chi connectivity index (χ0v) is 10.1. The molecule has 0 saturated carbocycles. The standard InChI is InChI=1S/C15H14N2O/c16-9-11-1-2-15-13(7-11)8-14(10-17-15)12-3-5-18-6-4-12/h1-2,7-8,10,12H,3-6H2. The number of fused-ring (bicyclic) bond motifs is 1. The smallest absolute Gasteiger partial charge is 0.0991 e. The Morgan fingerprint density at radius 3 is 2.83 bits per heavy atom. The molecule has 0 spiro atoms. The number of nitriles is 1. The fourth-order valence-corrected chi connectivity index (χ4v) is 2.47. The van der Waals surface area contributed by atoms with Crippen LogP contribution in [0.2, 0.25) is 0 Å². The molecule has 0 amide bonds. The van der Waals surface area contributed by atoms with Gasteiger partial charge in [-0.25, -0.2) is 0 Å². The predicted octanol–water partition coefficient (Wildman–Crippen LogP) is 3.00. The first kappa shape index (κ1) is 11.2. The van der Waals surface area contributed by atoms with Gasteiger partial charge in [-0.2, -0.15) is 5.26 Å². The van der Waals surface area contributed by atoms with Crippen LogP contribution < -0.4 is 0 Å². The Balaban J connectivity index is 2.01. The van der Waals surface area contributed by atoms with E-state index in [0.717, 1.165) is 37.0 Å². The highest BCUT2D eigenvalue weighted by molar-refractivity contribution is 5.80. The SMILES string of the molecule is N#Cc1ccc2ncc(C3CCOCC3)cc2c1. The van der Waals surface area contributed by atoms with Gasteiger partial charge in [0, 0.05) is 24.8 Å². The number of nitrogens with zero attached hydrogens (tertiary/aromatic N) is 2. The molecule has 1 aromatic carbocycles. The maximum absolute atomic E-state index is 8.93. The van der Waals surface area contributed by atoms with Gasteiger partial charge in [-0.05, 0) is 48.6 Å². The summed E-state index contributed by atoms with van der Waals surface area (Å²) in [5.74, 6) is 0.543. The summed E-state index contributed by atoms with van der Waals surface area (Å²) in [6.45, 7) is 1.67. The van der Waals surface area contributed by atoms with Crippen molar-refractivity contribution < 1.29 is 4.74 Å².